The molecule has 0 N–H and O–H groups in total. The number of carbonyl (C=O) groups excluding carboxylic acids is 1. The molecule has 0 aliphatic carbocycles. The third kappa shape index (κ3) is 5.78. The van der Waals surface area contributed by atoms with E-state index in [2.05, 4.69) is 35.3 Å². The van der Waals surface area contributed by atoms with E-state index in [1.165, 1.54) is 5.56 Å². The summed E-state index contributed by atoms with van der Waals surface area (Å²) in [6.07, 6.45) is 6.19. The second-order valence-corrected chi connectivity index (χ2v) is 8.68. The van der Waals surface area contributed by atoms with Gasteiger partial charge in [0, 0.05) is 44.0 Å². The molecular weight excluding hydrogens is 438 g/mol. The van der Waals surface area contributed by atoms with E-state index in [0.29, 0.717) is 45.0 Å². The van der Waals surface area contributed by atoms with Crippen LogP contribution in [0.15, 0.2) is 91.5 Å². The number of hydrogen-bond donors (Lipinski definition) is 0. The molecule has 2 bridgehead atoms. The van der Waals surface area contributed by atoms with Gasteiger partial charge in [0.1, 0.15) is 12.4 Å². The van der Waals surface area contributed by atoms with Crippen LogP contribution >= 0.6 is 0 Å². The van der Waals surface area contributed by atoms with Gasteiger partial charge in [-0.3, -0.25) is 4.79 Å². The number of aromatic nitrogens is 2. The van der Waals surface area contributed by atoms with Crippen LogP contribution in [0.5, 0.6) is 5.75 Å². The van der Waals surface area contributed by atoms with E-state index >= 15 is 0 Å². The Kier molecular flexibility index (Phi) is 7.20. The Morgan fingerprint density at radius 3 is 2.69 bits per heavy atom. The van der Waals surface area contributed by atoms with Crippen LogP contribution in [0, 0.1) is 0 Å². The minimum Gasteiger partial charge on any atom is -0.491 e. The molecule has 5 rings (SSSR count). The number of amides is 1. The van der Waals surface area contributed by atoms with Crippen molar-refractivity contribution in [3.63, 3.8) is 0 Å². The first-order chi connectivity index (χ1) is 17.3. The molecule has 0 radical (unpaired) electrons. The van der Waals surface area contributed by atoms with Crippen molar-refractivity contribution < 1.29 is 14.3 Å². The summed E-state index contributed by atoms with van der Waals surface area (Å²) in [4.78, 5) is 19.8. The van der Waals surface area contributed by atoms with Crippen molar-refractivity contribution in [2.45, 2.75) is 19.5 Å². The molecule has 1 aliphatic heterocycles. The molecule has 0 saturated carbocycles. The Bertz CT molecular complexity index is 1270. The number of hydrogen-bond acceptors (Lipinski definition) is 4. The largest absolute Gasteiger partial charge is 0.491 e. The van der Waals surface area contributed by atoms with Gasteiger partial charge >= 0.3 is 0 Å². The summed E-state index contributed by atoms with van der Waals surface area (Å²) in [7, 11) is 0. The Morgan fingerprint density at radius 2 is 1.77 bits per heavy atom. The molecule has 0 fully saturated rings. The lowest BCUT2D eigenvalue weighted by Crippen LogP contribution is -2.34. The molecule has 2 heterocycles. The first kappa shape index (κ1) is 22.9. The maximum Gasteiger partial charge on any atom is 0.254 e. The number of fused-ring (bicyclic) bond motifs is 3. The first-order valence-corrected chi connectivity index (χ1v) is 12.0. The second kappa shape index (κ2) is 11.0. The van der Waals surface area contributed by atoms with Gasteiger partial charge in [0.2, 0.25) is 0 Å². The van der Waals surface area contributed by atoms with Crippen LogP contribution < -0.4 is 4.74 Å². The van der Waals surface area contributed by atoms with Crippen LogP contribution in [-0.2, 0) is 24.2 Å². The van der Waals surface area contributed by atoms with Crippen molar-refractivity contribution in [1.82, 2.24) is 14.5 Å². The summed E-state index contributed by atoms with van der Waals surface area (Å²) in [5, 5.41) is 0. The van der Waals surface area contributed by atoms with Gasteiger partial charge in [-0.25, -0.2) is 4.98 Å². The summed E-state index contributed by atoms with van der Waals surface area (Å²) in [5.41, 5.74) is 5.10. The lowest BCUT2D eigenvalue weighted by molar-refractivity contribution is 0.0570. The fourth-order valence-corrected chi connectivity index (χ4v) is 4.42. The van der Waals surface area contributed by atoms with Gasteiger partial charge in [0.15, 0.2) is 0 Å². The lowest BCUT2D eigenvalue weighted by Gasteiger charge is -2.25. The van der Waals surface area contributed by atoms with E-state index in [-0.39, 0.29) is 5.91 Å². The number of nitrogens with zero attached hydrogens (tertiary/aromatic N) is 3. The minimum atomic E-state index is 0.00316. The average Bonchev–Trinajstić information content (AvgIpc) is 3.39. The first-order valence-electron chi connectivity index (χ1n) is 12.0. The molecule has 6 nitrogen and oxygen atoms in total. The molecule has 0 atom stereocenters. The Morgan fingerprint density at radius 1 is 0.914 bits per heavy atom. The lowest BCUT2D eigenvalue weighted by atomic mass is 10.0. The second-order valence-electron chi connectivity index (χ2n) is 8.68. The fraction of sp³-hybridized carbons (Fsp3) is 0.241. The molecule has 1 aromatic heterocycles. The van der Waals surface area contributed by atoms with E-state index < -0.39 is 0 Å². The summed E-state index contributed by atoms with van der Waals surface area (Å²) < 4.78 is 13.8. The van der Waals surface area contributed by atoms with Crippen molar-refractivity contribution in [3.8, 4) is 5.75 Å². The summed E-state index contributed by atoms with van der Waals surface area (Å²) in [6.45, 7) is 3.00. The topological polar surface area (TPSA) is 56.6 Å². The van der Waals surface area contributed by atoms with Crippen LogP contribution in [0.2, 0.25) is 0 Å². The van der Waals surface area contributed by atoms with Gasteiger partial charge in [-0.1, -0.05) is 60.7 Å². The summed E-state index contributed by atoms with van der Waals surface area (Å²) in [6, 6.07) is 24.4. The van der Waals surface area contributed by atoms with E-state index in [4.69, 9.17) is 9.47 Å². The highest BCUT2D eigenvalue weighted by molar-refractivity contribution is 5.95. The third-order valence-electron chi connectivity index (χ3n) is 6.17. The molecule has 1 aliphatic rings. The van der Waals surface area contributed by atoms with E-state index in [0.717, 1.165) is 28.9 Å². The molecular formula is C29H29N3O3. The zero-order chi connectivity index (χ0) is 23.9. The maximum atomic E-state index is 13.8. The molecule has 0 spiro atoms. The van der Waals surface area contributed by atoms with Gasteiger partial charge in [-0.2, -0.15) is 0 Å². The normalized spacial score (nSPS) is 14.5. The van der Waals surface area contributed by atoms with Crippen LogP contribution in [0.25, 0.3) is 0 Å². The van der Waals surface area contributed by atoms with E-state index in [9.17, 15) is 4.79 Å². The number of para-hydroxylation sites is 1. The Labute approximate surface area is 205 Å². The zero-order valence-electron chi connectivity index (χ0n) is 19.7. The quantitative estimate of drug-likeness (QED) is 0.443. The van der Waals surface area contributed by atoms with E-state index in [1.54, 1.807) is 12.5 Å². The summed E-state index contributed by atoms with van der Waals surface area (Å²) in [5.74, 6) is 0.897. The third-order valence-corrected chi connectivity index (χ3v) is 6.17. The smallest absolute Gasteiger partial charge is 0.254 e. The zero-order valence-corrected chi connectivity index (χ0v) is 19.7. The highest BCUT2D eigenvalue weighted by atomic mass is 16.5. The van der Waals surface area contributed by atoms with Crippen molar-refractivity contribution >= 4 is 5.91 Å². The van der Waals surface area contributed by atoms with Crippen LogP contribution in [0.1, 0.15) is 32.6 Å². The number of benzene rings is 3. The van der Waals surface area contributed by atoms with Crippen molar-refractivity contribution in [2.24, 2.45) is 0 Å². The SMILES string of the molecule is O=C(c1ccccc1Cn1ccnc1)N1CCOCCOc2ccccc2Cc2cccc(c2)C1. The van der Waals surface area contributed by atoms with Gasteiger partial charge < -0.3 is 18.9 Å². The van der Waals surface area contributed by atoms with Crippen LogP contribution in [0.4, 0.5) is 0 Å². The number of ether oxygens (including phenoxy) is 2. The highest BCUT2D eigenvalue weighted by Crippen LogP contribution is 2.23. The van der Waals surface area contributed by atoms with Crippen molar-refractivity contribution in [1.29, 1.82) is 0 Å². The van der Waals surface area contributed by atoms with E-state index in [1.807, 2.05) is 58.1 Å². The maximum absolute atomic E-state index is 13.8. The van der Waals surface area contributed by atoms with Gasteiger partial charge in [-0.05, 0) is 34.4 Å². The molecule has 4 aromatic rings. The Hall–Kier alpha value is -3.90. The van der Waals surface area contributed by atoms with Crippen LogP contribution in [0.3, 0.4) is 0 Å². The molecule has 1 amide bonds. The number of imidazole rings is 1. The molecule has 3 aromatic carbocycles. The molecule has 35 heavy (non-hydrogen) atoms. The fourth-order valence-electron chi connectivity index (χ4n) is 4.42. The predicted molar refractivity (Wildman–Crippen MR) is 135 cm³/mol. The van der Waals surface area contributed by atoms with Gasteiger partial charge in [-0.15, -0.1) is 0 Å². The highest BCUT2D eigenvalue weighted by Gasteiger charge is 2.20. The summed E-state index contributed by atoms with van der Waals surface area (Å²) >= 11 is 0. The average molecular weight is 468 g/mol. The monoisotopic (exact) mass is 467 g/mol. The van der Waals surface area contributed by atoms with Gasteiger partial charge in [0.25, 0.3) is 5.91 Å². The number of carbonyl (C=O) groups is 1. The van der Waals surface area contributed by atoms with Crippen LogP contribution in [-0.4, -0.2) is 46.7 Å². The van der Waals surface area contributed by atoms with Crippen molar-refractivity contribution in [3.05, 3.63) is 119 Å². The van der Waals surface area contributed by atoms with Crippen molar-refractivity contribution in [2.75, 3.05) is 26.4 Å². The van der Waals surface area contributed by atoms with Gasteiger partial charge in [0.05, 0.1) is 19.5 Å². The molecule has 6 heteroatoms. The number of rotatable bonds is 3. The molecule has 0 saturated heterocycles. The predicted octanol–water partition coefficient (Wildman–Crippen LogP) is 4.57. The standard InChI is InChI=1S/C29H29N3O3/c33-29(27-10-3-1-9-26(27)21-31-13-12-30-22-31)32-14-15-34-16-17-35-28-11-4-2-8-25(28)19-23-6-5-7-24(18-23)20-32/h1-13,18,22H,14-17,19-21H2. The molecule has 0 unspecified atom stereocenters. The Balaban J connectivity index is 1.42. The minimum absolute atomic E-state index is 0.00316. The molecule has 178 valence electrons.